The van der Waals surface area contributed by atoms with Crippen LogP contribution < -0.4 is 10.5 Å². The summed E-state index contributed by atoms with van der Waals surface area (Å²) in [4.78, 5) is 21.2. The van der Waals surface area contributed by atoms with Crippen LogP contribution in [0.5, 0.6) is 0 Å². The number of aromatic amines is 1. The molecule has 1 saturated heterocycles. The van der Waals surface area contributed by atoms with E-state index in [1.54, 1.807) is 6.20 Å². The molecule has 1 aromatic heterocycles. The van der Waals surface area contributed by atoms with Crippen molar-refractivity contribution in [2.24, 2.45) is 0 Å². The molecule has 0 radical (unpaired) electrons. The van der Waals surface area contributed by atoms with Crippen molar-refractivity contribution in [1.82, 2.24) is 9.97 Å². The first-order valence-corrected chi connectivity index (χ1v) is 11.1. The van der Waals surface area contributed by atoms with Crippen LogP contribution in [0.3, 0.4) is 0 Å². The van der Waals surface area contributed by atoms with E-state index in [1.165, 1.54) is 0 Å². The Morgan fingerprint density at radius 2 is 2.05 bits per heavy atom. The summed E-state index contributed by atoms with van der Waals surface area (Å²) in [5.74, 6) is 0.578. The van der Waals surface area contributed by atoms with Crippen molar-refractivity contribution in [3.05, 3.63) is 22.2 Å². The maximum absolute atomic E-state index is 11.8. The SMILES string of the molecule is CC(C)(C)[Si](C)(C)OCCCc1c[nH]c(=O)c(N2CCC2)n1. The molecule has 0 aliphatic carbocycles. The van der Waals surface area contributed by atoms with Crippen molar-refractivity contribution in [3.8, 4) is 0 Å². The Hall–Kier alpha value is -1.14. The highest BCUT2D eigenvalue weighted by molar-refractivity contribution is 6.74. The number of H-pyrrole nitrogens is 1. The molecule has 1 aliphatic heterocycles. The summed E-state index contributed by atoms with van der Waals surface area (Å²) < 4.78 is 6.18. The topological polar surface area (TPSA) is 58.2 Å². The normalized spacial score (nSPS) is 15.8. The number of rotatable bonds is 6. The van der Waals surface area contributed by atoms with Crippen LogP contribution in [0.1, 0.15) is 39.3 Å². The molecule has 0 atom stereocenters. The van der Waals surface area contributed by atoms with Crippen molar-refractivity contribution in [1.29, 1.82) is 0 Å². The van der Waals surface area contributed by atoms with Gasteiger partial charge >= 0.3 is 0 Å². The Morgan fingerprint density at radius 1 is 1.36 bits per heavy atom. The molecule has 1 N–H and O–H groups in total. The zero-order valence-electron chi connectivity index (χ0n) is 14.5. The lowest BCUT2D eigenvalue weighted by atomic mass is 10.2. The maximum Gasteiger partial charge on any atom is 0.290 e. The van der Waals surface area contributed by atoms with Gasteiger partial charge in [0.1, 0.15) is 0 Å². The molecule has 1 aliphatic rings. The molecule has 5 nitrogen and oxygen atoms in total. The van der Waals surface area contributed by atoms with Gasteiger partial charge in [0.05, 0.1) is 5.69 Å². The van der Waals surface area contributed by atoms with E-state index in [0.29, 0.717) is 5.82 Å². The van der Waals surface area contributed by atoms with E-state index in [1.807, 2.05) is 4.90 Å². The zero-order chi connectivity index (χ0) is 16.4. The highest BCUT2D eigenvalue weighted by Crippen LogP contribution is 2.36. The van der Waals surface area contributed by atoms with Gasteiger partial charge in [0.2, 0.25) is 0 Å². The van der Waals surface area contributed by atoms with Crippen molar-refractivity contribution < 1.29 is 4.43 Å². The number of anilines is 1. The van der Waals surface area contributed by atoms with Gasteiger partial charge in [-0.3, -0.25) is 4.79 Å². The Bertz CT molecular complexity index is 559. The lowest BCUT2D eigenvalue weighted by Gasteiger charge is -2.36. The number of aromatic nitrogens is 2. The molecule has 0 saturated carbocycles. The van der Waals surface area contributed by atoms with Crippen molar-refractivity contribution in [2.45, 2.75) is 58.2 Å². The van der Waals surface area contributed by atoms with E-state index >= 15 is 0 Å². The van der Waals surface area contributed by atoms with E-state index in [0.717, 1.165) is 44.7 Å². The molecule has 0 spiro atoms. The van der Waals surface area contributed by atoms with Crippen LogP contribution >= 0.6 is 0 Å². The third kappa shape index (κ3) is 3.98. The van der Waals surface area contributed by atoms with Crippen LogP contribution in [0, 0.1) is 0 Å². The summed E-state index contributed by atoms with van der Waals surface area (Å²) in [5.41, 5.74) is 0.862. The molecule has 1 aromatic rings. The Balaban J connectivity index is 1.86. The summed E-state index contributed by atoms with van der Waals surface area (Å²) >= 11 is 0. The van der Waals surface area contributed by atoms with Crippen molar-refractivity contribution in [2.75, 3.05) is 24.6 Å². The average molecular weight is 324 g/mol. The fourth-order valence-electron chi connectivity index (χ4n) is 2.10. The lowest BCUT2D eigenvalue weighted by Crippen LogP contribution is -2.41. The number of nitrogens with one attached hydrogen (secondary N) is 1. The van der Waals surface area contributed by atoms with Crippen LogP contribution in [0.2, 0.25) is 18.1 Å². The van der Waals surface area contributed by atoms with E-state index in [2.05, 4.69) is 43.8 Å². The molecule has 22 heavy (non-hydrogen) atoms. The number of hydrogen-bond acceptors (Lipinski definition) is 4. The highest BCUT2D eigenvalue weighted by atomic mass is 28.4. The first-order chi connectivity index (χ1) is 10.2. The molecule has 0 aromatic carbocycles. The second-order valence-electron chi connectivity index (χ2n) is 7.60. The molecule has 6 heteroatoms. The molecule has 0 unspecified atom stereocenters. The number of hydrogen-bond donors (Lipinski definition) is 1. The predicted molar refractivity (Wildman–Crippen MR) is 93.2 cm³/mol. The molecule has 0 amide bonds. The zero-order valence-corrected chi connectivity index (χ0v) is 15.5. The van der Waals surface area contributed by atoms with Crippen LogP contribution in [-0.2, 0) is 10.8 Å². The molecule has 124 valence electrons. The van der Waals surface area contributed by atoms with Gasteiger partial charge in [0.25, 0.3) is 5.56 Å². The summed E-state index contributed by atoms with van der Waals surface area (Å²) in [6.07, 6.45) is 4.65. The molecular formula is C16H29N3O2Si. The fourth-order valence-corrected chi connectivity index (χ4v) is 3.19. The van der Waals surface area contributed by atoms with E-state index in [4.69, 9.17) is 4.43 Å². The molecular weight excluding hydrogens is 294 g/mol. The summed E-state index contributed by atoms with van der Waals surface area (Å²) in [6, 6.07) is 0. The molecule has 1 fully saturated rings. The molecule has 0 bridgehead atoms. The van der Waals surface area contributed by atoms with Crippen LogP contribution in [0.4, 0.5) is 5.82 Å². The van der Waals surface area contributed by atoms with Gasteiger partial charge in [0.15, 0.2) is 14.1 Å². The largest absolute Gasteiger partial charge is 0.417 e. The fraction of sp³-hybridized carbons (Fsp3) is 0.750. The van der Waals surface area contributed by atoms with E-state index < -0.39 is 8.32 Å². The minimum atomic E-state index is -1.66. The summed E-state index contributed by atoms with van der Waals surface area (Å²) in [7, 11) is -1.66. The van der Waals surface area contributed by atoms with Crippen LogP contribution in [-0.4, -0.2) is 38.0 Å². The van der Waals surface area contributed by atoms with Gasteiger partial charge in [-0.25, -0.2) is 4.98 Å². The Labute approximate surface area is 134 Å². The smallest absolute Gasteiger partial charge is 0.290 e. The maximum atomic E-state index is 11.8. The van der Waals surface area contributed by atoms with Crippen LogP contribution in [0.25, 0.3) is 0 Å². The first kappa shape index (κ1) is 17.2. The minimum Gasteiger partial charge on any atom is -0.417 e. The highest BCUT2D eigenvalue weighted by Gasteiger charge is 2.36. The Morgan fingerprint density at radius 3 is 2.59 bits per heavy atom. The molecule has 2 heterocycles. The standard InChI is InChI=1S/C16H29N3O2Si/c1-16(2,3)22(4,5)21-11-6-8-13-12-17-15(20)14(18-13)19-9-7-10-19/h12H,6-11H2,1-5H3,(H,17,20). The van der Waals surface area contributed by atoms with Gasteiger partial charge in [-0.2, -0.15) is 0 Å². The predicted octanol–water partition coefficient (Wildman–Crippen LogP) is 2.93. The third-order valence-electron chi connectivity index (χ3n) is 4.82. The van der Waals surface area contributed by atoms with Crippen LogP contribution in [0.15, 0.2) is 11.0 Å². The molecule has 2 rings (SSSR count). The minimum absolute atomic E-state index is 0.0824. The lowest BCUT2D eigenvalue weighted by molar-refractivity contribution is 0.282. The van der Waals surface area contributed by atoms with E-state index in [9.17, 15) is 4.79 Å². The van der Waals surface area contributed by atoms with Gasteiger partial charge < -0.3 is 14.3 Å². The average Bonchev–Trinajstić information content (AvgIpc) is 2.35. The van der Waals surface area contributed by atoms with Gasteiger partial charge in [-0.15, -0.1) is 0 Å². The van der Waals surface area contributed by atoms with Crippen molar-refractivity contribution >= 4 is 14.1 Å². The quantitative estimate of drug-likeness (QED) is 0.646. The van der Waals surface area contributed by atoms with Gasteiger partial charge in [-0.1, -0.05) is 20.8 Å². The summed E-state index contributed by atoms with van der Waals surface area (Å²) in [5, 5.41) is 0.244. The van der Waals surface area contributed by atoms with Gasteiger partial charge in [-0.05, 0) is 37.4 Å². The number of aryl methyl sites for hydroxylation is 1. The first-order valence-electron chi connectivity index (χ1n) is 8.18. The second-order valence-corrected chi connectivity index (χ2v) is 12.4. The Kier molecular flexibility index (Phi) is 5.12. The van der Waals surface area contributed by atoms with Gasteiger partial charge in [0, 0.05) is 25.9 Å². The third-order valence-corrected chi connectivity index (χ3v) is 9.36. The van der Waals surface area contributed by atoms with E-state index in [-0.39, 0.29) is 10.6 Å². The second kappa shape index (κ2) is 6.54. The summed E-state index contributed by atoms with van der Waals surface area (Å²) in [6.45, 7) is 13.9. The van der Waals surface area contributed by atoms with Crippen molar-refractivity contribution in [3.63, 3.8) is 0 Å². The number of nitrogens with zero attached hydrogens (tertiary/aromatic N) is 2. The monoisotopic (exact) mass is 323 g/mol.